The second-order valence-corrected chi connectivity index (χ2v) is 4.43. The van der Waals surface area contributed by atoms with Gasteiger partial charge in [0.25, 0.3) is 0 Å². The van der Waals surface area contributed by atoms with Gasteiger partial charge in [0, 0.05) is 24.0 Å². The van der Waals surface area contributed by atoms with E-state index < -0.39 is 10.7 Å². The summed E-state index contributed by atoms with van der Waals surface area (Å²) < 4.78 is 0. The van der Waals surface area contributed by atoms with E-state index >= 15 is 0 Å². The molecule has 6 nitrogen and oxygen atoms in total. The molecule has 1 aromatic heterocycles. The van der Waals surface area contributed by atoms with Crippen LogP contribution < -0.4 is 0 Å². The minimum atomic E-state index is -0.621. The maximum atomic E-state index is 10.8. The highest BCUT2D eigenvalue weighted by atomic mass is 16.6. The lowest BCUT2D eigenvalue weighted by Crippen LogP contribution is -1.93. The molecule has 0 bridgehead atoms. The molecule has 0 amide bonds. The maximum absolute atomic E-state index is 10.8. The van der Waals surface area contributed by atoms with Gasteiger partial charge in [-0.3, -0.25) is 10.1 Å². The Morgan fingerprint density at radius 2 is 2.05 bits per heavy atom. The normalized spacial score (nSPS) is 10.9. The minimum Gasteiger partial charge on any atom is -0.502 e. The van der Waals surface area contributed by atoms with E-state index in [-0.39, 0.29) is 5.69 Å². The van der Waals surface area contributed by atoms with Crippen LogP contribution in [0.25, 0.3) is 0 Å². The maximum Gasteiger partial charge on any atom is 0.311 e. The van der Waals surface area contributed by atoms with Gasteiger partial charge in [-0.1, -0.05) is 6.07 Å². The first kappa shape index (κ1) is 13.7. The van der Waals surface area contributed by atoms with Crippen LogP contribution in [0.4, 0.5) is 11.5 Å². The molecule has 1 aromatic carbocycles. The molecular weight excluding hydrogens is 258 g/mol. The molecule has 20 heavy (non-hydrogen) atoms. The molecule has 0 unspecified atom stereocenters. The predicted octanol–water partition coefficient (Wildman–Crippen LogP) is 3.06. The van der Waals surface area contributed by atoms with Crippen molar-refractivity contribution in [3.8, 4) is 5.75 Å². The number of nitro groups is 1. The fourth-order valence-electron chi connectivity index (χ4n) is 1.70. The third-order valence-corrected chi connectivity index (χ3v) is 2.69. The van der Waals surface area contributed by atoms with Gasteiger partial charge in [-0.05, 0) is 37.1 Å². The second kappa shape index (κ2) is 5.48. The largest absolute Gasteiger partial charge is 0.502 e. The standard InChI is InChI=1S/C14H13N3O3/c1-9-3-4-13(15-7-9)16-8-11-5-10(2)6-12(14(11)18)17(19)20/h3-8,18H,1-2H3. The van der Waals surface area contributed by atoms with Gasteiger partial charge in [0.2, 0.25) is 5.75 Å². The summed E-state index contributed by atoms with van der Waals surface area (Å²) in [5.41, 5.74) is 1.65. The van der Waals surface area contributed by atoms with Crippen LogP contribution >= 0.6 is 0 Å². The van der Waals surface area contributed by atoms with Crippen LogP contribution in [0.5, 0.6) is 5.75 Å². The Kier molecular flexibility index (Phi) is 3.74. The summed E-state index contributed by atoms with van der Waals surface area (Å²) in [4.78, 5) is 18.4. The number of hydrogen-bond donors (Lipinski definition) is 1. The van der Waals surface area contributed by atoms with E-state index in [2.05, 4.69) is 9.98 Å². The van der Waals surface area contributed by atoms with Gasteiger partial charge in [-0.2, -0.15) is 0 Å². The highest BCUT2D eigenvalue weighted by Gasteiger charge is 2.16. The number of aryl methyl sites for hydroxylation is 2. The van der Waals surface area contributed by atoms with Crippen LogP contribution in [0.3, 0.4) is 0 Å². The van der Waals surface area contributed by atoms with Crippen molar-refractivity contribution in [3.63, 3.8) is 0 Å². The molecular formula is C14H13N3O3. The number of aliphatic imine (C=N–C) groups is 1. The number of nitrogens with zero attached hydrogens (tertiary/aromatic N) is 3. The second-order valence-electron chi connectivity index (χ2n) is 4.43. The molecule has 1 N–H and O–H groups in total. The Labute approximate surface area is 115 Å². The van der Waals surface area contributed by atoms with E-state index in [0.717, 1.165) is 5.56 Å². The molecule has 2 rings (SSSR count). The van der Waals surface area contributed by atoms with Gasteiger partial charge in [0.05, 0.1) is 4.92 Å². The number of phenolic OH excluding ortho intramolecular Hbond substituents is 1. The fraction of sp³-hybridized carbons (Fsp3) is 0.143. The molecule has 2 aromatic rings. The van der Waals surface area contributed by atoms with E-state index in [1.807, 2.05) is 13.0 Å². The summed E-state index contributed by atoms with van der Waals surface area (Å²) in [7, 11) is 0. The van der Waals surface area contributed by atoms with Gasteiger partial charge in [0.15, 0.2) is 5.82 Å². The van der Waals surface area contributed by atoms with Gasteiger partial charge >= 0.3 is 5.69 Å². The number of benzene rings is 1. The molecule has 102 valence electrons. The van der Waals surface area contributed by atoms with E-state index in [4.69, 9.17) is 0 Å². The number of nitro benzene ring substituents is 1. The molecule has 0 fully saturated rings. The molecule has 0 saturated carbocycles. The van der Waals surface area contributed by atoms with E-state index in [0.29, 0.717) is 16.9 Å². The Morgan fingerprint density at radius 3 is 2.65 bits per heavy atom. The topological polar surface area (TPSA) is 88.6 Å². The van der Waals surface area contributed by atoms with E-state index in [1.165, 1.54) is 12.3 Å². The van der Waals surface area contributed by atoms with Crippen molar-refractivity contribution < 1.29 is 10.0 Å². The van der Waals surface area contributed by atoms with Crippen LogP contribution in [0.1, 0.15) is 16.7 Å². The fourth-order valence-corrected chi connectivity index (χ4v) is 1.70. The Bertz CT molecular complexity index is 679. The zero-order chi connectivity index (χ0) is 14.7. The first-order chi connectivity index (χ1) is 9.47. The van der Waals surface area contributed by atoms with Crippen molar-refractivity contribution in [2.75, 3.05) is 0 Å². The average molecular weight is 271 g/mol. The number of rotatable bonds is 3. The lowest BCUT2D eigenvalue weighted by Gasteiger charge is -2.02. The minimum absolute atomic E-state index is 0.291. The lowest BCUT2D eigenvalue weighted by atomic mass is 10.1. The molecule has 0 aliphatic carbocycles. The molecule has 0 saturated heterocycles. The number of hydrogen-bond acceptors (Lipinski definition) is 5. The van der Waals surface area contributed by atoms with Crippen molar-refractivity contribution in [2.24, 2.45) is 4.99 Å². The average Bonchev–Trinajstić information content (AvgIpc) is 2.41. The predicted molar refractivity (Wildman–Crippen MR) is 75.7 cm³/mol. The number of aromatic hydroxyl groups is 1. The van der Waals surface area contributed by atoms with Gasteiger partial charge in [-0.15, -0.1) is 0 Å². The third kappa shape index (κ3) is 2.97. The molecule has 0 radical (unpaired) electrons. The zero-order valence-corrected chi connectivity index (χ0v) is 11.1. The first-order valence-electron chi connectivity index (χ1n) is 5.92. The third-order valence-electron chi connectivity index (χ3n) is 2.69. The molecule has 0 atom stereocenters. The van der Waals surface area contributed by atoms with Crippen LogP contribution in [-0.4, -0.2) is 21.2 Å². The van der Waals surface area contributed by atoms with Crippen molar-refractivity contribution >= 4 is 17.7 Å². The van der Waals surface area contributed by atoms with E-state index in [9.17, 15) is 15.2 Å². The van der Waals surface area contributed by atoms with Crippen LogP contribution in [-0.2, 0) is 0 Å². The molecule has 0 aliphatic heterocycles. The highest BCUT2D eigenvalue weighted by molar-refractivity contribution is 5.87. The summed E-state index contributed by atoms with van der Waals surface area (Å²) in [5.74, 6) is 0.0793. The number of phenols is 1. The van der Waals surface area contributed by atoms with Crippen molar-refractivity contribution in [1.82, 2.24) is 4.98 Å². The quantitative estimate of drug-likeness (QED) is 0.528. The SMILES string of the molecule is Cc1ccc(N=Cc2cc(C)cc([N+](=O)[O-])c2O)nc1. The first-order valence-corrected chi connectivity index (χ1v) is 5.92. The molecule has 0 spiro atoms. The number of pyridine rings is 1. The van der Waals surface area contributed by atoms with Gasteiger partial charge in [0.1, 0.15) is 0 Å². The summed E-state index contributed by atoms with van der Waals surface area (Å²) >= 11 is 0. The van der Waals surface area contributed by atoms with Crippen molar-refractivity contribution in [2.45, 2.75) is 13.8 Å². The Morgan fingerprint density at radius 1 is 1.30 bits per heavy atom. The highest BCUT2D eigenvalue weighted by Crippen LogP contribution is 2.30. The van der Waals surface area contributed by atoms with E-state index in [1.54, 1.807) is 25.3 Å². The molecule has 0 aliphatic rings. The number of aromatic nitrogens is 1. The lowest BCUT2D eigenvalue weighted by molar-refractivity contribution is -0.385. The van der Waals surface area contributed by atoms with Crippen LogP contribution in [0.2, 0.25) is 0 Å². The smallest absolute Gasteiger partial charge is 0.311 e. The van der Waals surface area contributed by atoms with Gasteiger partial charge < -0.3 is 5.11 Å². The van der Waals surface area contributed by atoms with Crippen LogP contribution in [0, 0.1) is 24.0 Å². The summed E-state index contributed by atoms with van der Waals surface area (Å²) in [6, 6.07) is 6.53. The van der Waals surface area contributed by atoms with Crippen molar-refractivity contribution in [1.29, 1.82) is 0 Å². The van der Waals surface area contributed by atoms with Crippen molar-refractivity contribution in [3.05, 3.63) is 57.3 Å². The van der Waals surface area contributed by atoms with Crippen LogP contribution in [0.15, 0.2) is 35.5 Å². The molecule has 1 heterocycles. The molecule has 6 heteroatoms. The summed E-state index contributed by atoms with van der Waals surface area (Å²) in [5, 5.41) is 20.7. The Balaban J connectivity index is 2.38. The van der Waals surface area contributed by atoms with Gasteiger partial charge in [-0.25, -0.2) is 9.98 Å². The zero-order valence-electron chi connectivity index (χ0n) is 11.1. The Hall–Kier alpha value is -2.76. The monoisotopic (exact) mass is 271 g/mol. The summed E-state index contributed by atoms with van der Waals surface area (Å²) in [6.07, 6.45) is 3.04. The summed E-state index contributed by atoms with van der Waals surface area (Å²) in [6.45, 7) is 3.63.